The van der Waals surface area contributed by atoms with Crippen LogP contribution in [0.3, 0.4) is 0 Å². The van der Waals surface area contributed by atoms with Crippen LogP contribution in [0.5, 0.6) is 0 Å². The molecule has 0 amide bonds. The molecule has 0 aliphatic carbocycles. The molecule has 4 heteroatoms. The van der Waals surface area contributed by atoms with Crippen LogP contribution >= 0.6 is 0 Å². The highest BCUT2D eigenvalue weighted by Gasteiger charge is 2.21. The highest BCUT2D eigenvalue weighted by molar-refractivity contribution is 5.00. The van der Waals surface area contributed by atoms with Crippen LogP contribution in [0.1, 0.15) is 32.4 Å². The second-order valence-electron chi connectivity index (χ2n) is 3.63. The largest absolute Gasteiger partial charge is 0.325 e. The van der Waals surface area contributed by atoms with Crippen LogP contribution in [0, 0.1) is 0 Å². The Morgan fingerprint density at radius 2 is 2.08 bits per heavy atom. The Hall–Kier alpha value is -0.900. The molecule has 1 aromatic heterocycles. The Morgan fingerprint density at radius 3 is 2.46 bits per heavy atom. The first-order chi connectivity index (χ1) is 6.09. The molecule has 1 rings (SSSR count). The standard InChI is InChI=1S/C9H18N4/c1-4-9(10,5-2)6-8-7-13(3)12-11-8/h7H,4-6,10H2,1-3H3. The quantitative estimate of drug-likeness (QED) is 0.752. The lowest BCUT2D eigenvalue weighted by atomic mass is 9.89. The number of nitrogens with two attached hydrogens (primary N) is 1. The van der Waals surface area contributed by atoms with E-state index in [1.165, 1.54) is 0 Å². The predicted octanol–water partition coefficient (Wildman–Crippen LogP) is 0.875. The van der Waals surface area contributed by atoms with Gasteiger partial charge in [-0.1, -0.05) is 19.1 Å². The van der Waals surface area contributed by atoms with Crippen LogP contribution in [-0.4, -0.2) is 20.5 Å². The Balaban J connectivity index is 2.67. The van der Waals surface area contributed by atoms with Crippen molar-refractivity contribution in [1.29, 1.82) is 0 Å². The molecule has 74 valence electrons. The van der Waals surface area contributed by atoms with Crippen LogP contribution in [0.15, 0.2) is 6.20 Å². The minimum atomic E-state index is -0.115. The van der Waals surface area contributed by atoms with Crippen molar-refractivity contribution >= 4 is 0 Å². The Kier molecular flexibility index (Phi) is 3.03. The van der Waals surface area contributed by atoms with Gasteiger partial charge in [0.1, 0.15) is 0 Å². The molecule has 2 N–H and O–H groups in total. The summed E-state index contributed by atoms with van der Waals surface area (Å²) in [6.07, 6.45) is 4.68. The van der Waals surface area contributed by atoms with Crippen LogP contribution < -0.4 is 5.73 Å². The van der Waals surface area contributed by atoms with Gasteiger partial charge in [-0.05, 0) is 12.8 Å². The molecular weight excluding hydrogens is 164 g/mol. The van der Waals surface area contributed by atoms with E-state index in [0.717, 1.165) is 25.0 Å². The minimum Gasteiger partial charge on any atom is -0.325 e. The monoisotopic (exact) mass is 182 g/mol. The topological polar surface area (TPSA) is 56.7 Å². The molecule has 1 heterocycles. The van der Waals surface area contributed by atoms with Gasteiger partial charge in [0.05, 0.1) is 5.69 Å². The molecule has 0 aromatic carbocycles. The Morgan fingerprint density at radius 1 is 1.46 bits per heavy atom. The maximum Gasteiger partial charge on any atom is 0.0845 e. The molecular formula is C9H18N4. The van der Waals surface area contributed by atoms with Crippen LogP contribution in [0.4, 0.5) is 0 Å². The molecule has 0 radical (unpaired) electrons. The third-order valence-corrected chi connectivity index (χ3v) is 2.59. The van der Waals surface area contributed by atoms with Crippen LogP contribution in [-0.2, 0) is 13.5 Å². The van der Waals surface area contributed by atoms with E-state index in [2.05, 4.69) is 24.2 Å². The lowest BCUT2D eigenvalue weighted by Gasteiger charge is -2.25. The molecule has 0 saturated heterocycles. The number of hydrogen-bond donors (Lipinski definition) is 1. The fourth-order valence-electron chi connectivity index (χ4n) is 1.34. The molecule has 1 aromatic rings. The van der Waals surface area contributed by atoms with E-state index in [-0.39, 0.29) is 5.54 Å². The highest BCUT2D eigenvalue weighted by Crippen LogP contribution is 2.16. The van der Waals surface area contributed by atoms with Gasteiger partial charge in [0.25, 0.3) is 0 Å². The number of hydrogen-bond acceptors (Lipinski definition) is 3. The fourth-order valence-corrected chi connectivity index (χ4v) is 1.34. The summed E-state index contributed by atoms with van der Waals surface area (Å²) in [6.45, 7) is 4.22. The van der Waals surface area contributed by atoms with Crippen molar-refractivity contribution in [2.45, 2.75) is 38.6 Å². The molecule has 0 spiro atoms. The van der Waals surface area contributed by atoms with E-state index in [1.807, 2.05) is 13.2 Å². The first kappa shape index (κ1) is 10.2. The van der Waals surface area contributed by atoms with E-state index in [4.69, 9.17) is 5.73 Å². The summed E-state index contributed by atoms with van der Waals surface area (Å²) >= 11 is 0. The zero-order chi connectivity index (χ0) is 9.90. The van der Waals surface area contributed by atoms with Crippen molar-refractivity contribution in [2.75, 3.05) is 0 Å². The highest BCUT2D eigenvalue weighted by atomic mass is 15.4. The number of aromatic nitrogens is 3. The van der Waals surface area contributed by atoms with Gasteiger partial charge in [-0.2, -0.15) is 0 Å². The lowest BCUT2D eigenvalue weighted by molar-refractivity contribution is 0.389. The maximum absolute atomic E-state index is 6.16. The van der Waals surface area contributed by atoms with Gasteiger partial charge < -0.3 is 5.73 Å². The maximum atomic E-state index is 6.16. The number of nitrogens with zero attached hydrogens (tertiary/aromatic N) is 3. The van der Waals surface area contributed by atoms with Crippen molar-refractivity contribution in [2.24, 2.45) is 12.8 Å². The average molecular weight is 182 g/mol. The van der Waals surface area contributed by atoms with Gasteiger partial charge >= 0.3 is 0 Å². The van der Waals surface area contributed by atoms with Crippen LogP contribution in [0.2, 0.25) is 0 Å². The molecule has 4 nitrogen and oxygen atoms in total. The second kappa shape index (κ2) is 3.87. The van der Waals surface area contributed by atoms with Crippen molar-refractivity contribution in [3.05, 3.63) is 11.9 Å². The first-order valence-corrected chi connectivity index (χ1v) is 4.73. The van der Waals surface area contributed by atoms with E-state index in [9.17, 15) is 0 Å². The zero-order valence-corrected chi connectivity index (χ0v) is 8.62. The van der Waals surface area contributed by atoms with Gasteiger partial charge in [0, 0.05) is 25.2 Å². The molecule has 0 aliphatic heterocycles. The summed E-state index contributed by atoms with van der Waals surface area (Å²) in [5, 5.41) is 7.91. The minimum absolute atomic E-state index is 0.115. The molecule has 0 atom stereocenters. The van der Waals surface area contributed by atoms with Crippen LogP contribution in [0.25, 0.3) is 0 Å². The van der Waals surface area contributed by atoms with E-state index in [1.54, 1.807) is 4.68 Å². The van der Waals surface area contributed by atoms with Gasteiger partial charge in [0.15, 0.2) is 0 Å². The predicted molar refractivity (Wildman–Crippen MR) is 52.2 cm³/mol. The summed E-state index contributed by atoms with van der Waals surface area (Å²) in [6, 6.07) is 0. The van der Waals surface area contributed by atoms with E-state index in [0.29, 0.717) is 0 Å². The van der Waals surface area contributed by atoms with Gasteiger partial charge in [-0.3, -0.25) is 4.68 Å². The van der Waals surface area contributed by atoms with Crippen molar-refractivity contribution in [3.63, 3.8) is 0 Å². The molecule has 0 unspecified atom stereocenters. The number of rotatable bonds is 4. The first-order valence-electron chi connectivity index (χ1n) is 4.73. The normalized spacial score (nSPS) is 12.0. The molecule has 0 aliphatic rings. The second-order valence-corrected chi connectivity index (χ2v) is 3.63. The summed E-state index contributed by atoms with van der Waals surface area (Å²) < 4.78 is 1.71. The van der Waals surface area contributed by atoms with Crippen molar-refractivity contribution < 1.29 is 0 Å². The summed E-state index contributed by atoms with van der Waals surface area (Å²) in [5.41, 5.74) is 7.03. The molecule has 0 saturated carbocycles. The summed E-state index contributed by atoms with van der Waals surface area (Å²) in [4.78, 5) is 0. The Labute approximate surface area is 79.1 Å². The SMILES string of the molecule is CCC(N)(CC)Cc1cn(C)nn1. The summed E-state index contributed by atoms with van der Waals surface area (Å²) in [7, 11) is 1.87. The molecule has 13 heavy (non-hydrogen) atoms. The third kappa shape index (κ3) is 2.52. The number of aryl methyl sites for hydroxylation is 1. The van der Waals surface area contributed by atoms with Gasteiger partial charge in [0.2, 0.25) is 0 Å². The fraction of sp³-hybridized carbons (Fsp3) is 0.778. The average Bonchev–Trinajstić information content (AvgIpc) is 2.51. The zero-order valence-electron chi connectivity index (χ0n) is 8.62. The van der Waals surface area contributed by atoms with E-state index < -0.39 is 0 Å². The molecule has 0 fully saturated rings. The van der Waals surface area contributed by atoms with Gasteiger partial charge in [-0.25, -0.2) is 0 Å². The summed E-state index contributed by atoms with van der Waals surface area (Å²) in [5.74, 6) is 0. The third-order valence-electron chi connectivity index (χ3n) is 2.59. The smallest absolute Gasteiger partial charge is 0.0845 e. The lowest BCUT2D eigenvalue weighted by Crippen LogP contribution is -2.40. The Bertz CT molecular complexity index is 262. The van der Waals surface area contributed by atoms with Crippen molar-refractivity contribution in [3.8, 4) is 0 Å². The molecule has 0 bridgehead atoms. The van der Waals surface area contributed by atoms with Gasteiger partial charge in [-0.15, -0.1) is 5.10 Å². The van der Waals surface area contributed by atoms with E-state index >= 15 is 0 Å². The van der Waals surface area contributed by atoms with Crippen molar-refractivity contribution in [1.82, 2.24) is 15.0 Å².